The Hall–Kier alpha value is -3.64. The van der Waals surface area contributed by atoms with Gasteiger partial charge in [0.2, 0.25) is 0 Å². The third-order valence-electron chi connectivity index (χ3n) is 5.67. The predicted molar refractivity (Wildman–Crippen MR) is 154 cm³/mol. The zero-order valence-electron chi connectivity index (χ0n) is 23.0. The van der Waals surface area contributed by atoms with Crippen molar-refractivity contribution in [2.24, 2.45) is 0 Å². The number of nitrogens with one attached hydrogen (secondary N) is 3. The highest BCUT2D eigenvalue weighted by Crippen LogP contribution is 2.35. The maximum atomic E-state index is 13.9. The van der Waals surface area contributed by atoms with Gasteiger partial charge in [-0.1, -0.05) is 23.8 Å². The lowest BCUT2D eigenvalue weighted by molar-refractivity contribution is -0.117. The first-order valence-corrected chi connectivity index (χ1v) is 13.3. The van der Waals surface area contributed by atoms with Crippen LogP contribution in [0, 0.1) is 5.82 Å². The van der Waals surface area contributed by atoms with Gasteiger partial charge in [0.15, 0.2) is 5.75 Å². The summed E-state index contributed by atoms with van der Waals surface area (Å²) in [5.41, 5.74) is 1.40. The Balaban J connectivity index is 1.70. The van der Waals surface area contributed by atoms with E-state index in [1.54, 1.807) is 46.3 Å². The Labute approximate surface area is 243 Å². The van der Waals surface area contributed by atoms with E-state index in [0.29, 0.717) is 43.2 Å². The number of pyridine rings is 1. The lowest BCUT2D eigenvalue weighted by Gasteiger charge is -2.25. The maximum Gasteiger partial charge on any atom is 0.410 e. The molecule has 216 valence electrons. The van der Waals surface area contributed by atoms with Crippen LogP contribution in [0.15, 0.2) is 41.9 Å². The van der Waals surface area contributed by atoms with E-state index in [9.17, 15) is 14.0 Å². The molecule has 1 aromatic carbocycles. The summed E-state index contributed by atoms with van der Waals surface area (Å²) < 4.78 is 30.4. The SMILES string of the molecule is COc1c(NC(=S)C2=C(NCc3ccncc3OCCN(C)C(=O)OC(C)(C)C)CCNC2=O)ccc(F)c1Cl. The molecule has 2 heterocycles. The Morgan fingerprint density at radius 1 is 1.30 bits per heavy atom. The second-order valence-electron chi connectivity index (χ2n) is 9.84. The molecule has 0 radical (unpaired) electrons. The number of anilines is 1. The molecule has 0 saturated carbocycles. The molecule has 1 aliphatic heterocycles. The lowest BCUT2D eigenvalue weighted by Crippen LogP contribution is -2.39. The summed E-state index contributed by atoms with van der Waals surface area (Å²) in [6, 6.07) is 4.41. The molecule has 0 aliphatic carbocycles. The minimum Gasteiger partial charge on any atom is -0.493 e. The average Bonchev–Trinajstić information content (AvgIpc) is 2.89. The summed E-state index contributed by atoms with van der Waals surface area (Å²) in [6.45, 7) is 6.69. The van der Waals surface area contributed by atoms with Crippen LogP contribution in [0.3, 0.4) is 0 Å². The van der Waals surface area contributed by atoms with Crippen molar-refractivity contribution in [3.05, 3.63) is 58.3 Å². The summed E-state index contributed by atoms with van der Waals surface area (Å²) in [6.07, 6.45) is 3.29. The van der Waals surface area contributed by atoms with Crippen LogP contribution in [0.1, 0.15) is 32.8 Å². The van der Waals surface area contributed by atoms with Gasteiger partial charge < -0.3 is 35.1 Å². The first-order chi connectivity index (χ1) is 18.9. The number of carbonyl (C=O) groups is 2. The highest BCUT2D eigenvalue weighted by molar-refractivity contribution is 7.81. The average molecular weight is 594 g/mol. The van der Waals surface area contributed by atoms with Crippen molar-refractivity contribution in [2.75, 3.05) is 39.2 Å². The second-order valence-corrected chi connectivity index (χ2v) is 10.6. The number of aromatic nitrogens is 1. The van der Waals surface area contributed by atoms with Crippen LogP contribution in [0.25, 0.3) is 0 Å². The molecule has 0 spiro atoms. The molecule has 0 saturated heterocycles. The number of amides is 2. The molecule has 1 aliphatic rings. The standard InChI is InChI=1S/C27H33ClFN5O5S/c1-27(2,3)39-26(36)34(4)12-13-38-20-15-30-10-8-16(20)14-32-18-9-11-31-24(35)21(18)25(40)33-19-7-6-17(29)22(28)23(19)37-5/h6-8,10,15,32H,9,11-14H2,1-5H3,(H,31,35)(H,33,40). The van der Waals surface area contributed by atoms with Crippen LogP contribution in [-0.4, -0.2) is 66.3 Å². The Morgan fingerprint density at radius 3 is 2.75 bits per heavy atom. The van der Waals surface area contributed by atoms with Crippen molar-refractivity contribution in [3.63, 3.8) is 0 Å². The molecular weight excluding hydrogens is 561 g/mol. The van der Waals surface area contributed by atoms with E-state index in [1.807, 2.05) is 0 Å². The van der Waals surface area contributed by atoms with Crippen molar-refractivity contribution in [2.45, 2.75) is 39.3 Å². The Bertz CT molecular complexity index is 1300. The smallest absolute Gasteiger partial charge is 0.410 e. The monoisotopic (exact) mass is 593 g/mol. The Kier molecular flexibility index (Phi) is 10.5. The van der Waals surface area contributed by atoms with Crippen LogP contribution in [0.2, 0.25) is 5.02 Å². The molecule has 0 bridgehead atoms. The highest BCUT2D eigenvalue weighted by Gasteiger charge is 2.26. The number of halogens is 2. The molecule has 2 amide bonds. The number of nitrogens with zero attached hydrogens (tertiary/aromatic N) is 2. The van der Waals surface area contributed by atoms with Crippen molar-refractivity contribution in [3.8, 4) is 11.5 Å². The number of likely N-dealkylation sites (N-methyl/N-ethyl adjacent to an activating group) is 1. The Morgan fingerprint density at radius 2 is 2.05 bits per heavy atom. The predicted octanol–water partition coefficient (Wildman–Crippen LogP) is 4.43. The van der Waals surface area contributed by atoms with Crippen LogP contribution in [0.5, 0.6) is 11.5 Å². The molecule has 2 aromatic rings. The third-order valence-corrected chi connectivity index (χ3v) is 6.33. The fourth-order valence-electron chi connectivity index (χ4n) is 3.69. The van der Waals surface area contributed by atoms with Crippen LogP contribution >= 0.6 is 23.8 Å². The van der Waals surface area contributed by atoms with E-state index in [1.165, 1.54) is 24.1 Å². The van der Waals surface area contributed by atoms with Gasteiger partial charge in [-0.05, 0) is 39.0 Å². The maximum absolute atomic E-state index is 13.9. The zero-order valence-corrected chi connectivity index (χ0v) is 24.6. The minimum atomic E-state index is -0.640. The van der Waals surface area contributed by atoms with E-state index in [4.69, 9.17) is 38.0 Å². The van der Waals surface area contributed by atoms with Gasteiger partial charge in [0.05, 0.1) is 31.1 Å². The molecule has 0 atom stereocenters. The van der Waals surface area contributed by atoms with E-state index in [-0.39, 0.29) is 33.8 Å². The molecule has 0 fully saturated rings. The summed E-state index contributed by atoms with van der Waals surface area (Å²) >= 11 is 11.6. The molecule has 10 nitrogen and oxygen atoms in total. The summed E-state index contributed by atoms with van der Waals surface area (Å²) in [5.74, 6) is -0.388. The zero-order chi connectivity index (χ0) is 29.4. The minimum absolute atomic E-state index is 0.0752. The fourth-order valence-corrected chi connectivity index (χ4v) is 4.26. The number of rotatable bonds is 10. The number of ether oxygens (including phenoxy) is 3. The van der Waals surface area contributed by atoms with Crippen molar-refractivity contribution in [1.29, 1.82) is 0 Å². The van der Waals surface area contributed by atoms with Crippen molar-refractivity contribution in [1.82, 2.24) is 20.5 Å². The van der Waals surface area contributed by atoms with E-state index in [0.717, 1.165) is 5.56 Å². The number of thiocarbonyl (C=S) groups is 1. The quantitative estimate of drug-likeness (QED) is 0.344. The molecular formula is C27H33ClFN5O5S. The molecule has 13 heteroatoms. The van der Waals surface area contributed by atoms with Gasteiger partial charge >= 0.3 is 6.09 Å². The number of hydrogen-bond acceptors (Lipinski definition) is 8. The molecule has 1 aromatic heterocycles. The summed E-state index contributed by atoms with van der Waals surface area (Å²) in [5, 5.41) is 8.84. The second kappa shape index (κ2) is 13.6. The normalized spacial score (nSPS) is 13.3. The molecule has 40 heavy (non-hydrogen) atoms. The topological polar surface area (TPSA) is 114 Å². The first-order valence-electron chi connectivity index (χ1n) is 12.5. The van der Waals surface area contributed by atoms with Gasteiger partial charge in [0.1, 0.15) is 33.8 Å². The van der Waals surface area contributed by atoms with Crippen LogP contribution < -0.4 is 25.4 Å². The van der Waals surface area contributed by atoms with Crippen LogP contribution in [-0.2, 0) is 16.1 Å². The van der Waals surface area contributed by atoms with Gasteiger partial charge in [-0.3, -0.25) is 9.78 Å². The lowest BCUT2D eigenvalue weighted by atomic mass is 10.1. The van der Waals surface area contributed by atoms with Crippen LogP contribution in [0.4, 0.5) is 14.9 Å². The largest absolute Gasteiger partial charge is 0.493 e. The van der Waals surface area contributed by atoms with Crippen molar-refractivity contribution >= 4 is 46.5 Å². The number of benzene rings is 1. The van der Waals surface area contributed by atoms with E-state index < -0.39 is 17.5 Å². The van der Waals surface area contributed by atoms with Gasteiger partial charge in [-0.15, -0.1) is 0 Å². The van der Waals surface area contributed by atoms with Crippen molar-refractivity contribution < 1.29 is 28.2 Å². The van der Waals surface area contributed by atoms with Gasteiger partial charge in [-0.25, -0.2) is 9.18 Å². The van der Waals surface area contributed by atoms with Gasteiger partial charge in [-0.2, -0.15) is 0 Å². The number of carbonyl (C=O) groups excluding carboxylic acids is 2. The highest BCUT2D eigenvalue weighted by atomic mass is 35.5. The molecule has 0 unspecified atom stereocenters. The summed E-state index contributed by atoms with van der Waals surface area (Å²) in [4.78, 5) is 30.7. The van der Waals surface area contributed by atoms with E-state index >= 15 is 0 Å². The first kappa shape index (κ1) is 30.9. The number of hydrogen-bond donors (Lipinski definition) is 3. The fraction of sp³-hybridized carbons (Fsp3) is 0.407. The van der Waals surface area contributed by atoms with Gasteiger partial charge in [0.25, 0.3) is 5.91 Å². The van der Waals surface area contributed by atoms with Gasteiger partial charge in [0, 0.05) is 44.0 Å². The molecule has 3 N–H and O–H groups in total. The summed E-state index contributed by atoms with van der Waals surface area (Å²) in [7, 11) is 3.00. The number of methoxy groups -OCH3 is 1. The van der Waals surface area contributed by atoms with E-state index in [2.05, 4.69) is 20.9 Å². The molecule has 3 rings (SSSR count). The third kappa shape index (κ3) is 8.18.